The maximum absolute atomic E-state index is 13.2. The molecule has 0 aliphatic carbocycles. The molecule has 2 aromatic heterocycles. The van der Waals surface area contributed by atoms with E-state index in [1.165, 1.54) is 12.1 Å². The van der Waals surface area contributed by atoms with Crippen LogP contribution < -0.4 is 16.0 Å². The minimum absolute atomic E-state index is 0.393. The van der Waals surface area contributed by atoms with Gasteiger partial charge in [0.1, 0.15) is 16.9 Å². The maximum Gasteiger partial charge on any atom is 0.344 e. The van der Waals surface area contributed by atoms with Gasteiger partial charge in [-0.25, -0.2) is 14.4 Å². The van der Waals surface area contributed by atoms with Crippen molar-refractivity contribution in [1.82, 2.24) is 0 Å². The Kier molecular flexibility index (Phi) is 4.13. The van der Waals surface area contributed by atoms with Crippen LogP contribution in [-0.4, -0.2) is 5.97 Å². The fraction of sp³-hybridized carbons (Fsp3) is 0. The molecule has 0 amide bonds. The molecule has 0 saturated heterocycles. The van der Waals surface area contributed by atoms with Crippen LogP contribution in [-0.2, 0) is 0 Å². The van der Waals surface area contributed by atoms with Crippen molar-refractivity contribution in [3.8, 4) is 5.75 Å². The van der Waals surface area contributed by atoms with Gasteiger partial charge in [-0.3, -0.25) is 0 Å². The molecule has 6 nitrogen and oxygen atoms in total. The third-order valence-electron chi connectivity index (χ3n) is 5.62. The lowest BCUT2D eigenvalue weighted by atomic mass is 10.0. The van der Waals surface area contributed by atoms with Crippen molar-refractivity contribution in [3.05, 3.63) is 111 Å². The van der Waals surface area contributed by atoms with E-state index in [9.17, 15) is 14.4 Å². The highest BCUT2D eigenvalue weighted by Crippen LogP contribution is 2.31. The van der Waals surface area contributed by atoms with Gasteiger partial charge in [-0.1, -0.05) is 24.3 Å². The summed E-state index contributed by atoms with van der Waals surface area (Å²) in [5.41, 5.74) is 0.455. The van der Waals surface area contributed by atoms with E-state index in [-0.39, 0.29) is 0 Å². The fourth-order valence-corrected chi connectivity index (χ4v) is 4.07. The van der Waals surface area contributed by atoms with Crippen LogP contribution in [0.2, 0.25) is 0 Å². The van der Waals surface area contributed by atoms with Crippen LogP contribution in [0.3, 0.4) is 0 Å². The van der Waals surface area contributed by atoms with Crippen LogP contribution in [0.25, 0.3) is 43.5 Å². The Hall–Kier alpha value is -4.71. The van der Waals surface area contributed by atoms with Gasteiger partial charge < -0.3 is 13.6 Å². The summed E-state index contributed by atoms with van der Waals surface area (Å²) in [7, 11) is 0. The van der Waals surface area contributed by atoms with E-state index in [4.69, 9.17) is 13.6 Å². The van der Waals surface area contributed by atoms with Crippen LogP contribution in [0.1, 0.15) is 10.4 Å². The van der Waals surface area contributed by atoms with Gasteiger partial charge in [-0.05, 0) is 64.7 Å². The third kappa shape index (κ3) is 3.25. The maximum atomic E-state index is 13.2. The lowest BCUT2D eigenvalue weighted by Crippen LogP contribution is -2.09. The second-order valence-corrected chi connectivity index (χ2v) is 7.68. The molecule has 0 aliphatic rings. The second kappa shape index (κ2) is 7.17. The van der Waals surface area contributed by atoms with Crippen LogP contribution in [0.15, 0.2) is 103 Å². The summed E-state index contributed by atoms with van der Waals surface area (Å²) in [4.78, 5) is 36.3. The number of rotatable bonds is 2. The van der Waals surface area contributed by atoms with Crippen molar-refractivity contribution < 1.29 is 18.4 Å². The molecule has 33 heavy (non-hydrogen) atoms. The molecular weight excluding hydrogens is 420 g/mol. The van der Waals surface area contributed by atoms with E-state index in [1.54, 1.807) is 48.5 Å². The van der Waals surface area contributed by atoms with Crippen molar-refractivity contribution in [2.24, 2.45) is 0 Å². The van der Waals surface area contributed by atoms with E-state index < -0.39 is 17.2 Å². The van der Waals surface area contributed by atoms with Crippen LogP contribution in [0, 0.1) is 0 Å². The van der Waals surface area contributed by atoms with Crippen molar-refractivity contribution in [2.45, 2.75) is 0 Å². The van der Waals surface area contributed by atoms with Crippen LogP contribution in [0.4, 0.5) is 0 Å². The number of carbonyl (C=O) groups is 1. The molecule has 6 rings (SSSR count). The van der Waals surface area contributed by atoms with Gasteiger partial charge in [-0.15, -0.1) is 0 Å². The molecule has 4 aromatic carbocycles. The minimum atomic E-state index is -0.510. The predicted octanol–water partition coefficient (Wildman–Crippen LogP) is 5.43. The Morgan fingerprint density at radius 2 is 1.18 bits per heavy atom. The summed E-state index contributed by atoms with van der Waals surface area (Å²) in [5.74, 6) is -0.112. The van der Waals surface area contributed by atoms with E-state index >= 15 is 0 Å². The van der Waals surface area contributed by atoms with Gasteiger partial charge in [-0.2, -0.15) is 0 Å². The fourth-order valence-electron chi connectivity index (χ4n) is 4.07. The standard InChI is InChI=1S/C27H14O6/c28-25-9-7-17-11-20-15(13-23(17)31-25)3-1-5-19(20)27(30)33-22-6-2-4-16-14-24-18(12-21(16)22)8-10-26(29)32-24/h1-14H. The van der Waals surface area contributed by atoms with Gasteiger partial charge in [0.2, 0.25) is 0 Å². The van der Waals surface area contributed by atoms with Gasteiger partial charge in [0.25, 0.3) is 0 Å². The Balaban J connectivity index is 1.47. The number of benzene rings is 4. The van der Waals surface area contributed by atoms with E-state index in [2.05, 4.69) is 0 Å². The van der Waals surface area contributed by atoms with Crippen molar-refractivity contribution in [2.75, 3.05) is 0 Å². The largest absolute Gasteiger partial charge is 0.423 e. The lowest BCUT2D eigenvalue weighted by Gasteiger charge is -2.11. The molecule has 2 heterocycles. The molecule has 0 fully saturated rings. The first-order valence-corrected chi connectivity index (χ1v) is 10.2. The zero-order valence-corrected chi connectivity index (χ0v) is 17.0. The SMILES string of the molecule is O=C(Oc1cccc2cc3oc(=O)ccc3cc12)c1cccc2cc3oc(=O)ccc3cc12. The molecular formula is C27H14O6. The second-order valence-electron chi connectivity index (χ2n) is 7.68. The smallest absolute Gasteiger partial charge is 0.344 e. The number of ether oxygens (including phenoxy) is 1. The minimum Gasteiger partial charge on any atom is -0.423 e. The van der Waals surface area contributed by atoms with E-state index in [0.29, 0.717) is 33.3 Å². The average molecular weight is 434 g/mol. The normalized spacial score (nSPS) is 11.4. The highest BCUT2D eigenvalue weighted by Gasteiger charge is 2.16. The summed E-state index contributed by atoms with van der Waals surface area (Å²) in [6.45, 7) is 0. The first-order valence-electron chi connectivity index (χ1n) is 10.2. The molecule has 6 aromatic rings. The van der Waals surface area contributed by atoms with Crippen molar-refractivity contribution in [3.63, 3.8) is 0 Å². The van der Waals surface area contributed by atoms with Gasteiger partial charge in [0, 0.05) is 28.3 Å². The zero-order chi connectivity index (χ0) is 22.5. The molecule has 0 aliphatic heterocycles. The predicted molar refractivity (Wildman–Crippen MR) is 125 cm³/mol. The number of esters is 1. The molecule has 158 valence electrons. The van der Waals surface area contributed by atoms with E-state index in [1.807, 2.05) is 24.3 Å². The average Bonchev–Trinajstić information content (AvgIpc) is 2.81. The van der Waals surface area contributed by atoms with Gasteiger partial charge in [0.15, 0.2) is 0 Å². The molecule has 0 radical (unpaired) electrons. The zero-order valence-electron chi connectivity index (χ0n) is 17.0. The summed E-state index contributed by atoms with van der Waals surface area (Å²) in [6.07, 6.45) is 0. The van der Waals surface area contributed by atoms with E-state index in [0.717, 1.165) is 21.5 Å². The summed E-state index contributed by atoms with van der Waals surface area (Å²) in [6, 6.07) is 23.8. The number of hydrogen-bond donors (Lipinski definition) is 0. The molecule has 0 atom stereocenters. The number of carbonyl (C=O) groups excluding carboxylic acids is 1. The quantitative estimate of drug-likeness (QED) is 0.156. The lowest BCUT2D eigenvalue weighted by molar-refractivity contribution is 0.0739. The molecule has 0 N–H and O–H groups in total. The van der Waals surface area contributed by atoms with Gasteiger partial charge in [0.05, 0.1) is 5.56 Å². The third-order valence-corrected chi connectivity index (χ3v) is 5.62. The first kappa shape index (κ1) is 19.0. The first-order chi connectivity index (χ1) is 16.0. The van der Waals surface area contributed by atoms with Crippen molar-refractivity contribution >= 4 is 49.5 Å². The summed E-state index contributed by atoms with van der Waals surface area (Å²) < 4.78 is 16.3. The van der Waals surface area contributed by atoms with Gasteiger partial charge >= 0.3 is 17.2 Å². The summed E-state index contributed by atoms with van der Waals surface area (Å²) >= 11 is 0. The molecule has 0 bridgehead atoms. The topological polar surface area (TPSA) is 86.7 Å². The van der Waals surface area contributed by atoms with Crippen molar-refractivity contribution in [1.29, 1.82) is 0 Å². The monoisotopic (exact) mass is 434 g/mol. The number of fused-ring (bicyclic) bond motifs is 4. The summed E-state index contributed by atoms with van der Waals surface area (Å²) in [5, 5.41) is 4.38. The molecule has 6 heteroatoms. The highest BCUT2D eigenvalue weighted by atomic mass is 16.5. The Labute approximate surface area is 185 Å². The molecule has 0 saturated carbocycles. The molecule has 0 spiro atoms. The Morgan fingerprint density at radius 3 is 1.85 bits per heavy atom. The van der Waals surface area contributed by atoms with Crippen LogP contribution >= 0.6 is 0 Å². The number of hydrogen-bond acceptors (Lipinski definition) is 6. The Bertz CT molecular complexity index is 1860. The molecule has 0 unspecified atom stereocenters. The highest BCUT2D eigenvalue weighted by molar-refractivity contribution is 6.09. The van der Waals surface area contributed by atoms with Crippen LogP contribution in [0.5, 0.6) is 5.75 Å². The Morgan fingerprint density at radius 1 is 0.606 bits per heavy atom.